The number of allylic oxidation sites excluding steroid dienone is 1. The van der Waals surface area contributed by atoms with Gasteiger partial charge in [-0.25, -0.2) is 0 Å². The van der Waals surface area contributed by atoms with Crippen LogP contribution in [0.25, 0.3) is 0 Å². The Hall–Kier alpha value is -0.790. The number of unbranched alkanes of at least 4 members (excludes halogenated alkanes) is 1. The number of hydrogen-bond donors (Lipinski definition) is 0. The van der Waals surface area contributed by atoms with Gasteiger partial charge in [0.1, 0.15) is 6.61 Å². The summed E-state index contributed by atoms with van der Waals surface area (Å²) in [4.78, 5) is 9.58. The molecule has 52 valence electrons. The first-order valence-electron chi connectivity index (χ1n) is 3.12. The molecule has 0 saturated carbocycles. The second kappa shape index (κ2) is 7.21. The highest BCUT2D eigenvalue weighted by atomic mass is 16.5. The average Bonchev–Trinajstić information content (AvgIpc) is 1.89. The van der Waals surface area contributed by atoms with Gasteiger partial charge in [0.15, 0.2) is 0 Å². The maximum Gasteiger partial charge on any atom is 0.293 e. The van der Waals surface area contributed by atoms with Crippen molar-refractivity contribution >= 4 is 6.47 Å². The summed E-state index contributed by atoms with van der Waals surface area (Å²) in [6.45, 7) is 2.96. The molecule has 0 bridgehead atoms. The van der Waals surface area contributed by atoms with Crippen LogP contribution in [0.4, 0.5) is 0 Å². The molecule has 0 aromatic rings. The molecule has 0 aromatic heterocycles. The Balaban J connectivity index is 2.94. The smallest absolute Gasteiger partial charge is 0.293 e. The molecule has 0 aliphatic rings. The molecule has 0 unspecified atom stereocenters. The number of ether oxygens (including phenoxy) is 1. The minimum Gasteiger partial charge on any atom is -0.464 e. The third-order valence-electron chi connectivity index (χ3n) is 0.882. The molecule has 0 amide bonds. The summed E-state index contributed by atoms with van der Waals surface area (Å²) in [5.74, 6) is 0. The Labute approximate surface area is 55.5 Å². The van der Waals surface area contributed by atoms with E-state index in [0.717, 1.165) is 12.8 Å². The van der Waals surface area contributed by atoms with E-state index in [-0.39, 0.29) is 0 Å². The standard InChI is InChI=1S/C7H12O2/c1-2-3-4-5-6-9-7-8/h4-5,7H,2-3,6H2,1H3/b5-4+. The van der Waals surface area contributed by atoms with Crippen LogP contribution in [0, 0.1) is 0 Å². The van der Waals surface area contributed by atoms with Gasteiger partial charge in [-0.2, -0.15) is 0 Å². The van der Waals surface area contributed by atoms with Gasteiger partial charge in [0, 0.05) is 0 Å². The van der Waals surface area contributed by atoms with E-state index in [0.29, 0.717) is 13.1 Å². The molecule has 9 heavy (non-hydrogen) atoms. The van der Waals surface area contributed by atoms with Gasteiger partial charge in [-0.1, -0.05) is 25.5 Å². The van der Waals surface area contributed by atoms with E-state index in [1.165, 1.54) is 0 Å². The number of carbonyl (C=O) groups is 1. The molecule has 0 rings (SSSR count). The zero-order chi connectivity index (χ0) is 6.95. The highest BCUT2D eigenvalue weighted by Gasteiger charge is 1.74. The van der Waals surface area contributed by atoms with Crippen LogP contribution in [-0.4, -0.2) is 13.1 Å². The van der Waals surface area contributed by atoms with E-state index in [2.05, 4.69) is 11.7 Å². The predicted octanol–water partition coefficient (Wildman–Crippen LogP) is 1.52. The SMILES string of the molecule is CCC/C=C/COC=O. The summed E-state index contributed by atoms with van der Waals surface area (Å²) < 4.78 is 4.41. The van der Waals surface area contributed by atoms with Crippen molar-refractivity contribution in [3.05, 3.63) is 12.2 Å². The van der Waals surface area contributed by atoms with Crippen LogP contribution < -0.4 is 0 Å². The van der Waals surface area contributed by atoms with Crippen molar-refractivity contribution < 1.29 is 9.53 Å². The van der Waals surface area contributed by atoms with Gasteiger partial charge in [-0.05, 0) is 6.42 Å². The van der Waals surface area contributed by atoms with E-state index in [4.69, 9.17) is 0 Å². The highest BCUT2D eigenvalue weighted by molar-refractivity contribution is 5.37. The van der Waals surface area contributed by atoms with Crippen LogP contribution >= 0.6 is 0 Å². The van der Waals surface area contributed by atoms with Gasteiger partial charge >= 0.3 is 0 Å². The maximum absolute atomic E-state index is 9.58. The molecule has 0 aliphatic carbocycles. The Kier molecular flexibility index (Phi) is 6.58. The summed E-state index contributed by atoms with van der Waals surface area (Å²) >= 11 is 0. The van der Waals surface area contributed by atoms with Gasteiger partial charge in [-0.15, -0.1) is 0 Å². The minimum absolute atomic E-state index is 0.406. The van der Waals surface area contributed by atoms with Crippen molar-refractivity contribution in [1.82, 2.24) is 0 Å². The largest absolute Gasteiger partial charge is 0.464 e. The molecule has 0 aromatic carbocycles. The van der Waals surface area contributed by atoms with Gasteiger partial charge in [0.2, 0.25) is 0 Å². The Morgan fingerprint density at radius 1 is 1.44 bits per heavy atom. The van der Waals surface area contributed by atoms with Crippen molar-refractivity contribution in [3.63, 3.8) is 0 Å². The predicted molar refractivity (Wildman–Crippen MR) is 36.1 cm³/mol. The fourth-order valence-electron chi connectivity index (χ4n) is 0.447. The molecule has 2 nitrogen and oxygen atoms in total. The Morgan fingerprint density at radius 3 is 2.78 bits per heavy atom. The lowest BCUT2D eigenvalue weighted by atomic mass is 10.3. The Morgan fingerprint density at radius 2 is 2.22 bits per heavy atom. The summed E-state index contributed by atoms with van der Waals surface area (Å²) in [5, 5.41) is 0. The lowest BCUT2D eigenvalue weighted by Crippen LogP contribution is -1.84. The fraction of sp³-hybridized carbons (Fsp3) is 0.571. The van der Waals surface area contributed by atoms with Crippen LogP contribution in [0.15, 0.2) is 12.2 Å². The zero-order valence-corrected chi connectivity index (χ0v) is 5.67. The molecule has 0 N–H and O–H groups in total. The molecule has 0 radical (unpaired) electrons. The summed E-state index contributed by atoms with van der Waals surface area (Å²) in [6, 6.07) is 0. The molecule has 0 aliphatic heterocycles. The van der Waals surface area contributed by atoms with Crippen LogP contribution in [-0.2, 0) is 9.53 Å². The highest BCUT2D eigenvalue weighted by Crippen LogP contribution is 1.87. The van der Waals surface area contributed by atoms with Gasteiger partial charge in [0.05, 0.1) is 0 Å². The summed E-state index contributed by atoms with van der Waals surface area (Å²) in [7, 11) is 0. The van der Waals surface area contributed by atoms with Crippen molar-refractivity contribution in [2.45, 2.75) is 19.8 Å². The molecule has 0 spiro atoms. The Bertz CT molecular complexity index is 86.9. The first-order valence-corrected chi connectivity index (χ1v) is 3.12. The summed E-state index contributed by atoms with van der Waals surface area (Å²) in [6.07, 6.45) is 6.04. The van der Waals surface area contributed by atoms with Gasteiger partial charge in [-0.3, -0.25) is 4.79 Å². The van der Waals surface area contributed by atoms with Crippen molar-refractivity contribution in [3.8, 4) is 0 Å². The topological polar surface area (TPSA) is 26.3 Å². The average molecular weight is 128 g/mol. The lowest BCUT2D eigenvalue weighted by Gasteiger charge is -1.87. The van der Waals surface area contributed by atoms with E-state index < -0.39 is 0 Å². The van der Waals surface area contributed by atoms with Crippen LogP contribution in [0.3, 0.4) is 0 Å². The van der Waals surface area contributed by atoms with Crippen molar-refractivity contribution in [2.24, 2.45) is 0 Å². The molecule has 0 heterocycles. The maximum atomic E-state index is 9.58. The molecule has 0 atom stereocenters. The fourth-order valence-corrected chi connectivity index (χ4v) is 0.447. The van der Waals surface area contributed by atoms with Gasteiger partial charge in [0.25, 0.3) is 6.47 Å². The third kappa shape index (κ3) is 7.21. The van der Waals surface area contributed by atoms with Crippen LogP contribution in [0.5, 0.6) is 0 Å². The van der Waals surface area contributed by atoms with Crippen molar-refractivity contribution in [1.29, 1.82) is 0 Å². The van der Waals surface area contributed by atoms with Crippen LogP contribution in [0.1, 0.15) is 19.8 Å². The zero-order valence-electron chi connectivity index (χ0n) is 5.67. The second-order valence-electron chi connectivity index (χ2n) is 1.69. The second-order valence-corrected chi connectivity index (χ2v) is 1.69. The lowest BCUT2D eigenvalue weighted by molar-refractivity contribution is -0.127. The van der Waals surface area contributed by atoms with E-state index >= 15 is 0 Å². The molecular formula is C7H12O2. The quantitative estimate of drug-likeness (QED) is 0.319. The molecule has 0 fully saturated rings. The van der Waals surface area contributed by atoms with E-state index in [9.17, 15) is 4.79 Å². The molecule has 0 saturated heterocycles. The normalized spacial score (nSPS) is 9.89. The van der Waals surface area contributed by atoms with Crippen molar-refractivity contribution in [2.75, 3.05) is 6.61 Å². The monoisotopic (exact) mass is 128 g/mol. The third-order valence-corrected chi connectivity index (χ3v) is 0.882. The summed E-state index contributed by atoms with van der Waals surface area (Å²) in [5.41, 5.74) is 0. The van der Waals surface area contributed by atoms with Gasteiger partial charge < -0.3 is 4.74 Å². The molecular weight excluding hydrogens is 116 g/mol. The van der Waals surface area contributed by atoms with E-state index in [1.54, 1.807) is 0 Å². The number of rotatable bonds is 5. The first-order chi connectivity index (χ1) is 4.41. The minimum atomic E-state index is 0.406. The van der Waals surface area contributed by atoms with Crippen LogP contribution in [0.2, 0.25) is 0 Å². The molecule has 2 heteroatoms. The number of carbonyl (C=O) groups excluding carboxylic acids is 1. The number of hydrogen-bond acceptors (Lipinski definition) is 2. The first kappa shape index (κ1) is 8.21. The van der Waals surface area contributed by atoms with E-state index in [1.807, 2.05) is 12.2 Å².